The zero-order valence-corrected chi connectivity index (χ0v) is 10.3. The van der Waals surface area contributed by atoms with Crippen LogP contribution in [0.1, 0.15) is 23.6 Å². The minimum Gasteiger partial charge on any atom is -0.254 e. The lowest BCUT2D eigenvalue weighted by atomic mass is 9.98. The van der Waals surface area contributed by atoms with Gasteiger partial charge in [0.05, 0.1) is 0 Å². The summed E-state index contributed by atoms with van der Waals surface area (Å²) in [6, 6.07) is 22.2. The van der Waals surface area contributed by atoms with Gasteiger partial charge in [0.15, 0.2) is 0 Å². The predicted octanol–water partition coefficient (Wildman–Crippen LogP) is 2.84. The van der Waals surface area contributed by atoms with Crippen molar-refractivity contribution in [3.63, 3.8) is 0 Å². The number of rotatable bonds is 3. The summed E-state index contributed by atoms with van der Waals surface area (Å²) in [5.41, 5.74) is 9.55. The summed E-state index contributed by atoms with van der Waals surface area (Å²) in [7, 11) is 0. The van der Waals surface area contributed by atoms with E-state index < -0.39 is 0 Å². The Hall–Kier alpha value is -1.64. The molecule has 2 unspecified atom stereocenters. The molecule has 2 nitrogen and oxygen atoms in total. The van der Waals surface area contributed by atoms with Gasteiger partial charge >= 0.3 is 0 Å². The van der Waals surface area contributed by atoms with Gasteiger partial charge in [-0.05, 0) is 24.0 Å². The number of hydrogen-bond acceptors (Lipinski definition) is 2. The van der Waals surface area contributed by atoms with Crippen LogP contribution < -0.4 is 10.9 Å². The zero-order valence-electron chi connectivity index (χ0n) is 10.3. The second-order valence-corrected chi connectivity index (χ2v) is 4.87. The monoisotopic (exact) mass is 238 g/mol. The number of hydrazine groups is 1. The third-order valence-electron chi connectivity index (χ3n) is 3.51. The quantitative estimate of drug-likeness (QED) is 0.859. The zero-order chi connectivity index (χ0) is 12.2. The molecule has 0 radical (unpaired) electrons. The molecule has 1 fully saturated rings. The van der Waals surface area contributed by atoms with Gasteiger partial charge in [-0.3, -0.25) is 10.9 Å². The molecular formula is C16H18N2. The van der Waals surface area contributed by atoms with Crippen LogP contribution in [-0.4, -0.2) is 6.04 Å². The van der Waals surface area contributed by atoms with E-state index >= 15 is 0 Å². The van der Waals surface area contributed by atoms with Crippen LogP contribution in [-0.2, 0) is 6.42 Å². The molecule has 0 aliphatic carbocycles. The second kappa shape index (κ2) is 5.34. The van der Waals surface area contributed by atoms with Gasteiger partial charge in [0.2, 0.25) is 0 Å². The van der Waals surface area contributed by atoms with Crippen molar-refractivity contribution in [1.82, 2.24) is 10.9 Å². The molecule has 2 aromatic rings. The number of nitrogens with one attached hydrogen (secondary N) is 2. The molecule has 92 valence electrons. The second-order valence-electron chi connectivity index (χ2n) is 4.87. The molecule has 0 amide bonds. The van der Waals surface area contributed by atoms with E-state index in [9.17, 15) is 0 Å². The standard InChI is InChI=1S/C16H18N2/c1-3-7-13(8-4-1)11-15-12-16(18-17-15)14-9-5-2-6-10-14/h1-10,15-18H,11-12H2. The summed E-state index contributed by atoms with van der Waals surface area (Å²) in [6.45, 7) is 0. The van der Waals surface area contributed by atoms with Crippen LogP contribution in [0, 0.1) is 0 Å². The average molecular weight is 238 g/mol. The summed E-state index contributed by atoms with van der Waals surface area (Å²) in [4.78, 5) is 0. The third kappa shape index (κ3) is 2.61. The van der Waals surface area contributed by atoms with Crippen molar-refractivity contribution in [3.8, 4) is 0 Å². The van der Waals surface area contributed by atoms with Crippen molar-refractivity contribution < 1.29 is 0 Å². The first-order chi connectivity index (χ1) is 8.92. The molecule has 1 aliphatic rings. The lowest BCUT2D eigenvalue weighted by Gasteiger charge is -2.09. The molecule has 0 bridgehead atoms. The van der Waals surface area contributed by atoms with E-state index in [4.69, 9.17) is 0 Å². The van der Waals surface area contributed by atoms with Crippen LogP contribution >= 0.6 is 0 Å². The van der Waals surface area contributed by atoms with Crippen LogP contribution in [0.3, 0.4) is 0 Å². The predicted molar refractivity (Wildman–Crippen MR) is 74.0 cm³/mol. The Kier molecular flexibility index (Phi) is 3.40. The van der Waals surface area contributed by atoms with Crippen molar-refractivity contribution in [1.29, 1.82) is 0 Å². The maximum atomic E-state index is 3.40. The highest BCUT2D eigenvalue weighted by atomic mass is 15.4. The van der Waals surface area contributed by atoms with Gasteiger partial charge in [-0.25, -0.2) is 0 Å². The Labute approximate surface area is 108 Å². The Morgan fingerprint density at radius 3 is 2.22 bits per heavy atom. The molecule has 1 heterocycles. The van der Waals surface area contributed by atoms with Crippen LogP contribution in [0.2, 0.25) is 0 Å². The average Bonchev–Trinajstić information content (AvgIpc) is 2.89. The van der Waals surface area contributed by atoms with Crippen molar-refractivity contribution in [2.24, 2.45) is 0 Å². The van der Waals surface area contributed by atoms with Gasteiger partial charge in [-0.2, -0.15) is 0 Å². The van der Waals surface area contributed by atoms with Gasteiger partial charge in [-0.1, -0.05) is 60.7 Å². The minimum absolute atomic E-state index is 0.430. The Balaban J connectivity index is 1.62. The summed E-state index contributed by atoms with van der Waals surface area (Å²) < 4.78 is 0. The van der Waals surface area contributed by atoms with Crippen molar-refractivity contribution in [3.05, 3.63) is 71.8 Å². The Morgan fingerprint density at radius 2 is 1.50 bits per heavy atom. The largest absolute Gasteiger partial charge is 0.254 e. The highest BCUT2D eigenvalue weighted by molar-refractivity contribution is 5.21. The SMILES string of the molecule is c1ccc(CC2CC(c3ccccc3)NN2)cc1. The van der Waals surface area contributed by atoms with Crippen LogP contribution in [0.5, 0.6) is 0 Å². The molecule has 18 heavy (non-hydrogen) atoms. The van der Waals surface area contributed by atoms with Crippen molar-refractivity contribution in [2.75, 3.05) is 0 Å². The molecule has 1 aliphatic heterocycles. The summed E-state index contributed by atoms with van der Waals surface area (Å²) in [5, 5.41) is 0. The van der Waals surface area contributed by atoms with Gasteiger partial charge < -0.3 is 0 Å². The van der Waals surface area contributed by atoms with Gasteiger partial charge in [-0.15, -0.1) is 0 Å². The summed E-state index contributed by atoms with van der Waals surface area (Å²) >= 11 is 0. The number of hydrogen-bond donors (Lipinski definition) is 2. The summed E-state index contributed by atoms with van der Waals surface area (Å²) in [6.07, 6.45) is 2.22. The van der Waals surface area contributed by atoms with Crippen molar-refractivity contribution >= 4 is 0 Å². The van der Waals surface area contributed by atoms with E-state index in [2.05, 4.69) is 71.5 Å². The molecule has 0 spiro atoms. The fourth-order valence-corrected chi connectivity index (χ4v) is 2.56. The van der Waals surface area contributed by atoms with E-state index in [1.54, 1.807) is 0 Å². The van der Waals surface area contributed by atoms with Gasteiger partial charge in [0.1, 0.15) is 0 Å². The van der Waals surface area contributed by atoms with Crippen LogP contribution in [0.25, 0.3) is 0 Å². The molecule has 0 aromatic heterocycles. The van der Waals surface area contributed by atoms with Gasteiger partial charge in [0, 0.05) is 12.1 Å². The highest BCUT2D eigenvalue weighted by Crippen LogP contribution is 2.23. The first-order valence-electron chi connectivity index (χ1n) is 6.52. The molecule has 3 rings (SSSR count). The molecule has 0 saturated carbocycles. The summed E-state index contributed by atoms with van der Waals surface area (Å²) in [5.74, 6) is 0. The molecule has 2 heteroatoms. The lowest BCUT2D eigenvalue weighted by molar-refractivity contribution is 0.540. The Morgan fingerprint density at radius 1 is 0.833 bits per heavy atom. The Bertz CT molecular complexity index is 481. The van der Waals surface area contributed by atoms with Crippen molar-refractivity contribution in [2.45, 2.75) is 24.9 Å². The fourth-order valence-electron chi connectivity index (χ4n) is 2.56. The molecule has 2 N–H and O–H groups in total. The maximum absolute atomic E-state index is 3.40. The first-order valence-corrected chi connectivity index (χ1v) is 6.52. The van der Waals surface area contributed by atoms with Gasteiger partial charge in [0.25, 0.3) is 0 Å². The fraction of sp³-hybridized carbons (Fsp3) is 0.250. The van der Waals surface area contributed by atoms with E-state index in [0.717, 1.165) is 12.8 Å². The van der Waals surface area contributed by atoms with Crippen LogP contribution in [0.4, 0.5) is 0 Å². The van der Waals surface area contributed by atoms with E-state index in [0.29, 0.717) is 12.1 Å². The normalized spacial score (nSPS) is 23.1. The number of benzene rings is 2. The van der Waals surface area contributed by atoms with E-state index in [-0.39, 0.29) is 0 Å². The molecular weight excluding hydrogens is 220 g/mol. The van der Waals surface area contributed by atoms with E-state index in [1.165, 1.54) is 11.1 Å². The lowest BCUT2D eigenvalue weighted by Crippen LogP contribution is -2.32. The first kappa shape index (κ1) is 11.5. The maximum Gasteiger partial charge on any atom is 0.0477 e. The molecule has 2 atom stereocenters. The molecule has 2 aromatic carbocycles. The molecule has 1 saturated heterocycles. The topological polar surface area (TPSA) is 24.1 Å². The van der Waals surface area contributed by atoms with E-state index in [1.807, 2.05) is 0 Å². The minimum atomic E-state index is 0.430. The smallest absolute Gasteiger partial charge is 0.0477 e. The highest BCUT2D eigenvalue weighted by Gasteiger charge is 2.24. The third-order valence-corrected chi connectivity index (χ3v) is 3.51. The van der Waals surface area contributed by atoms with Crippen LogP contribution in [0.15, 0.2) is 60.7 Å².